The number of nitrogens with one attached hydrogen (secondary N) is 1. The minimum absolute atomic E-state index is 0.272. The van der Waals surface area contributed by atoms with Crippen LogP contribution in [-0.2, 0) is 4.79 Å². The van der Waals surface area contributed by atoms with E-state index in [9.17, 15) is 4.79 Å². The van der Waals surface area contributed by atoms with Crippen molar-refractivity contribution in [3.63, 3.8) is 0 Å². The molecule has 0 saturated carbocycles. The molecule has 1 amide bonds. The molecule has 0 bridgehead atoms. The zero-order chi connectivity index (χ0) is 18.5. The van der Waals surface area contributed by atoms with Gasteiger partial charge in [-0.3, -0.25) is 9.78 Å². The average molecular weight is 352 g/mol. The Bertz CT molecular complexity index is 927. The van der Waals surface area contributed by atoms with Crippen molar-refractivity contribution >= 4 is 22.5 Å². The molecule has 1 atom stereocenters. The molecule has 0 aliphatic rings. The van der Waals surface area contributed by atoms with Gasteiger partial charge in [0.15, 0.2) is 17.6 Å². The number of rotatable bonds is 6. The van der Waals surface area contributed by atoms with Crippen LogP contribution in [0.1, 0.15) is 6.92 Å². The van der Waals surface area contributed by atoms with Crippen molar-refractivity contribution in [1.82, 2.24) is 4.98 Å². The van der Waals surface area contributed by atoms with E-state index in [-0.39, 0.29) is 5.91 Å². The summed E-state index contributed by atoms with van der Waals surface area (Å²) >= 11 is 0. The SMILES string of the molecule is COc1ccccc1OC(C)C(=O)Nc1ccc(OC)c2ncccc12. The zero-order valence-electron chi connectivity index (χ0n) is 14.9. The molecule has 0 aliphatic carbocycles. The number of nitrogens with zero attached hydrogens (tertiary/aromatic N) is 1. The Morgan fingerprint density at radius 1 is 0.962 bits per heavy atom. The topological polar surface area (TPSA) is 69.7 Å². The molecule has 1 N–H and O–H groups in total. The number of para-hydroxylation sites is 2. The number of anilines is 1. The summed E-state index contributed by atoms with van der Waals surface area (Å²) in [5.74, 6) is 1.47. The van der Waals surface area contributed by atoms with Gasteiger partial charge in [-0.05, 0) is 43.3 Å². The molecule has 0 aliphatic heterocycles. The second-order valence-corrected chi connectivity index (χ2v) is 5.62. The molecule has 26 heavy (non-hydrogen) atoms. The number of hydrogen-bond acceptors (Lipinski definition) is 5. The van der Waals surface area contributed by atoms with Crippen LogP contribution in [-0.4, -0.2) is 31.2 Å². The molecular formula is C20H20N2O4. The first kappa shape index (κ1) is 17.5. The molecule has 2 aromatic carbocycles. The van der Waals surface area contributed by atoms with Gasteiger partial charge in [0, 0.05) is 11.6 Å². The second kappa shape index (κ2) is 7.74. The lowest BCUT2D eigenvalue weighted by molar-refractivity contribution is -0.122. The largest absolute Gasteiger partial charge is 0.494 e. The van der Waals surface area contributed by atoms with Crippen molar-refractivity contribution < 1.29 is 19.0 Å². The van der Waals surface area contributed by atoms with Gasteiger partial charge in [-0.1, -0.05) is 12.1 Å². The summed E-state index contributed by atoms with van der Waals surface area (Å²) in [6.07, 6.45) is 0.976. The molecule has 3 aromatic rings. The van der Waals surface area contributed by atoms with Gasteiger partial charge in [0.1, 0.15) is 11.3 Å². The Balaban J connectivity index is 1.81. The second-order valence-electron chi connectivity index (χ2n) is 5.62. The zero-order valence-corrected chi connectivity index (χ0v) is 14.9. The van der Waals surface area contributed by atoms with Crippen molar-refractivity contribution in [3.8, 4) is 17.2 Å². The molecule has 134 valence electrons. The van der Waals surface area contributed by atoms with Gasteiger partial charge in [0.2, 0.25) is 0 Å². The van der Waals surface area contributed by atoms with Crippen molar-refractivity contribution in [3.05, 3.63) is 54.7 Å². The summed E-state index contributed by atoms with van der Waals surface area (Å²) in [6.45, 7) is 1.69. The van der Waals surface area contributed by atoms with Crippen LogP contribution in [0.2, 0.25) is 0 Å². The lowest BCUT2D eigenvalue weighted by Gasteiger charge is -2.17. The van der Waals surface area contributed by atoms with Crippen molar-refractivity contribution in [2.75, 3.05) is 19.5 Å². The number of hydrogen-bond donors (Lipinski definition) is 1. The first-order chi connectivity index (χ1) is 12.6. The fourth-order valence-corrected chi connectivity index (χ4v) is 2.61. The Morgan fingerprint density at radius 2 is 1.69 bits per heavy atom. The van der Waals surface area contributed by atoms with E-state index in [1.54, 1.807) is 51.6 Å². The van der Waals surface area contributed by atoms with Gasteiger partial charge in [-0.2, -0.15) is 0 Å². The molecule has 0 fully saturated rings. The van der Waals surface area contributed by atoms with E-state index in [4.69, 9.17) is 14.2 Å². The lowest BCUT2D eigenvalue weighted by Crippen LogP contribution is -2.30. The van der Waals surface area contributed by atoms with Crippen LogP contribution in [0.3, 0.4) is 0 Å². The number of benzene rings is 2. The van der Waals surface area contributed by atoms with E-state index in [2.05, 4.69) is 10.3 Å². The third kappa shape index (κ3) is 3.54. The quantitative estimate of drug-likeness (QED) is 0.733. The van der Waals surface area contributed by atoms with Crippen LogP contribution in [0, 0.1) is 0 Å². The third-order valence-corrected chi connectivity index (χ3v) is 3.95. The summed E-state index contributed by atoms with van der Waals surface area (Å²) in [6, 6.07) is 14.5. The predicted octanol–water partition coefficient (Wildman–Crippen LogP) is 3.66. The fraction of sp³-hybridized carbons (Fsp3) is 0.200. The van der Waals surface area contributed by atoms with Crippen LogP contribution in [0.15, 0.2) is 54.7 Å². The highest BCUT2D eigenvalue weighted by Crippen LogP contribution is 2.30. The van der Waals surface area contributed by atoms with Gasteiger partial charge >= 0.3 is 0 Å². The first-order valence-corrected chi connectivity index (χ1v) is 8.16. The summed E-state index contributed by atoms with van der Waals surface area (Å²) in [5.41, 5.74) is 1.33. The first-order valence-electron chi connectivity index (χ1n) is 8.16. The molecule has 1 unspecified atom stereocenters. The van der Waals surface area contributed by atoms with Crippen molar-refractivity contribution in [2.45, 2.75) is 13.0 Å². The maximum Gasteiger partial charge on any atom is 0.265 e. The Hall–Kier alpha value is -3.28. The molecule has 1 aromatic heterocycles. The van der Waals surface area contributed by atoms with Gasteiger partial charge in [-0.15, -0.1) is 0 Å². The van der Waals surface area contributed by atoms with E-state index >= 15 is 0 Å². The molecule has 3 rings (SSSR count). The Labute approximate surface area is 151 Å². The fourth-order valence-electron chi connectivity index (χ4n) is 2.61. The summed E-state index contributed by atoms with van der Waals surface area (Å²) in [7, 11) is 3.15. The van der Waals surface area contributed by atoms with Crippen molar-refractivity contribution in [1.29, 1.82) is 0 Å². The summed E-state index contributed by atoms with van der Waals surface area (Å²) < 4.78 is 16.3. The number of pyridine rings is 1. The van der Waals surface area contributed by atoms with Crippen LogP contribution < -0.4 is 19.5 Å². The Morgan fingerprint density at radius 3 is 2.42 bits per heavy atom. The van der Waals surface area contributed by atoms with Gasteiger partial charge in [-0.25, -0.2) is 0 Å². The maximum atomic E-state index is 12.6. The van der Waals surface area contributed by atoms with Gasteiger partial charge in [0.05, 0.1) is 19.9 Å². The lowest BCUT2D eigenvalue weighted by atomic mass is 10.1. The van der Waals surface area contributed by atoms with Gasteiger partial charge < -0.3 is 19.5 Å². The monoisotopic (exact) mass is 352 g/mol. The molecule has 6 heteroatoms. The highest BCUT2D eigenvalue weighted by atomic mass is 16.5. The van der Waals surface area contributed by atoms with Crippen LogP contribution in [0.25, 0.3) is 10.9 Å². The number of carbonyl (C=O) groups excluding carboxylic acids is 1. The van der Waals surface area contributed by atoms with E-state index in [0.29, 0.717) is 28.5 Å². The van der Waals surface area contributed by atoms with Crippen LogP contribution in [0.4, 0.5) is 5.69 Å². The average Bonchev–Trinajstić information content (AvgIpc) is 2.68. The molecule has 0 radical (unpaired) electrons. The summed E-state index contributed by atoms with van der Waals surface area (Å²) in [5, 5.41) is 3.69. The smallest absolute Gasteiger partial charge is 0.265 e. The predicted molar refractivity (Wildman–Crippen MR) is 100 cm³/mol. The molecule has 0 saturated heterocycles. The minimum Gasteiger partial charge on any atom is -0.494 e. The van der Waals surface area contributed by atoms with Crippen LogP contribution in [0.5, 0.6) is 17.2 Å². The third-order valence-electron chi connectivity index (χ3n) is 3.95. The standard InChI is InChI=1S/C20H20N2O4/c1-13(26-17-9-5-4-8-16(17)24-2)20(23)22-15-10-11-18(25-3)19-14(15)7-6-12-21-19/h4-13H,1-3H3,(H,22,23). The maximum absolute atomic E-state index is 12.6. The van der Waals surface area contributed by atoms with E-state index in [1.165, 1.54) is 0 Å². The number of ether oxygens (including phenoxy) is 3. The molecule has 0 spiro atoms. The van der Waals surface area contributed by atoms with E-state index < -0.39 is 6.10 Å². The number of methoxy groups -OCH3 is 2. The number of carbonyl (C=O) groups is 1. The molecular weight excluding hydrogens is 332 g/mol. The number of amides is 1. The van der Waals surface area contributed by atoms with E-state index in [1.807, 2.05) is 24.3 Å². The summed E-state index contributed by atoms with van der Waals surface area (Å²) in [4.78, 5) is 16.9. The van der Waals surface area contributed by atoms with Gasteiger partial charge in [0.25, 0.3) is 5.91 Å². The number of aromatic nitrogens is 1. The van der Waals surface area contributed by atoms with Crippen LogP contribution >= 0.6 is 0 Å². The number of fused-ring (bicyclic) bond motifs is 1. The van der Waals surface area contributed by atoms with Crippen molar-refractivity contribution in [2.24, 2.45) is 0 Å². The highest BCUT2D eigenvalue weighted by molar-refractivity contribution is 6.04. The highest BCUT2D eigenvalue weighted by Gasteiger charge is 2.18. The Kier molecular flexibility index (Phi) is 5.22. The normalized spacial score (nSPS) is 11.7. The molecule has 1 heterocycles. The minimum atomic E-state index is -0.708. The van der Waals surface area contributed by atoms with E-state index in [0.717, 1.165) is 5.39 Å². The molecule has 6 nitrogen and oxygen atoms in total.